The lowest BCUT2D eigenvalue weighted by atomic mass is 9.94. The molecule has 0 bridgehead atoms. The van der Waals surface area contributed by atoms with Gasteiger partial charge >= 0.3 is 12.2 Å². The average Bonchev–Trinajstić information content (AvgIpc) is 4.09. The number of methoxy groups -OCH3 is 3. The highest BCUT2D eigenvalue weighted by molar-refractivity contribution is 6.07. The minimum absolute atomic E-state index is 0.115. The predicted molar refractivity (Wildman–Crippen MR) is 235 cm³/mol. The molecule has 14 nitrogen and oxygen atoms in total. The first kappa shape index (κ1) is 41.7. The molecule has 0 unspecified atom stereocenters. The molecule has 3 aliphatic rings. The molecular weight excluding hydrogens is 775 g/mol. The maximum atomic E-state index is 14.1. The van der Waals surface area contributed by atoms with E-state index in [1.54, 1.807) is 7.11 Å². The smallest absolute Gasteiger partial charge is 0.407 e. The molecule has 61 heavy (non-hydrogen) atoms. The first-order chi connectivity index (χ1) is 29.4. The Morgan fingerprint density at radius 1 is 0.787 bits per heavy atom. The number of imidazole rings is 1. The Hall–Kier alpha value is -6.02. The zero-order valence-corrected chi connectivity index (χ0v) is 35.9. The fourth-order valence-corrected chi connectivity index (χ4v) is 9.49. The molecule has 3 N–H and O–H groups in total. The van der Waals surface area contributed by atoms with Crippen LogP contribution in [0.5, 0.6) is 0 Å². The molecule has 8 rings (SSSR count). The van der Waals surface area contributed by atoms with Crippen LogP contribution in [-0.4, -0.2) is 109 Å². The average molecular weight is 830 g/mol. The maximum absolute atomic E-state index is 14.1. The third kappa shape index (κ3) is 8.01. The number of nitrogens with one attached hydrogen (secondary N) is 3. The molecule has 4 heterocycles. The number of amides is 4. The highest BCUT2D eigenvalue weighted by Crippen LogP contribution is 2.40. The van der Waals surface area contributed by atoms with Crippen molar-refractivity contribution >= 4 is 68.0 Å². The van der Waals surface area contributed by atoms with E-state index < -0.39 is 24.3 Å². The number of carbonyl (C=O) groups excluding carboxylic acids is 4. The van der Waals surface area contributed by atoms with E-state index >= 15 is 0 Å². The van der Waals surface area contributed by atoms with Crippen LogP contribution in [0.1, 0.15) is 64.4 Å². The molecule has 2 fully saturated rings. The zero-order chi connectivity index (χ0) is 43.1. The fourth-order valence-electron chi connectivity index (χ4n) is 9.49. The summed E-state index contributed by atoms with van der Waals surface area (Å²) in [5, 5.41) is 9.78. The van der Waals surface area contributed by atoms with Crippen molar-refractivity contribution in [1.29, 1.82) is 0 Å². The van der Waals surface area contributed by atoms with Crippen LogP contribution in [0, 0.1) is 17.8 Å². The van der Waals surface area contributed by atoms with Gasteiger partial charge in [0.15, 0.2) is 0 Å². The van der Waals surface area contributed by atoms with Gasteiger partial charge in [0.25, 0.3) is 0 Å². The highest BCUT2D eigenvalue weighted by Gasteiger charge is 2.43. The second-order valence-electron chi connectivity index (χ2n) is 17.3. The van der Waals surface area contributed by atoms with Crippen LogP contribution in [0.2, 0.25) is 0 Å². The van der Waals surface area contributed by atoms with Crippen molar-refractivity contribution in [3.05, 3.63) is 72.1 Å². The molecular formula is C47H55N7O7. The number of ether oxygens (including phenoxy) is 3. The summed E-state index contributed by atoms with van der Waals surface area (Å²) in [5.41, 5.74) is 6.94. The number of aromatic amines is 1. The highest BCUT2D eigenvalue weighted by atomic mass is 16.5. The van der Waals surface area contributed by atoms with Crippen molar-refractivity contribution in [3.63, 3.8) is 0 Å². The molecule has 0 spiro atoms. The minimum Gasteiger partial charge on any atom is -0.453 e. The summed E-state index contributed by atoms with van der Waals surface area (Å²) in [6, 6.07) is 19.5. The summed E-state index contributed by atoms with van der Waals surface area (Å²) in [7, 11) is 4.27. The molecule has 1 aromatic heterocycles. The lowest BCUT2D eigenvalue weighted by molar-refractivity contribution is -0.135. The van der Waals surface area contributed by atoms with Crippen LogP contribution in [0.15, 0.2) is 65.7 Å². The van der Waals surface area contributed by atoms with Crippen LogP contribution in [0.25, 0.3) is 43.7 Å². The number of rotatable bonds is 11. The number of fused-ring (bicyclic) bond motifs is 6. The Bertz CT molecular complexity index is 2550. The maximum Gasteiger partial charge on any atom is 0.407 e. The van der Waals surface area contributed by atoms with E-state index in [2.05, 4.69) is 70.2 Å². The van der Waals surface area contributed by atoms with Crippen LogP contribution >= 0.6 is 0 Å². The molecule has 5 atom stereocenters. The van der Waals surface area contributed by atoms with E-state index in [1.165, 1.54) is 14.2 Å². The Kier molecular flexibility index (Phi) is 11.7. The van der Waals surface area contributed by atoms with Crippen LogP contribution < -0.4 is 10.6 Å². The van der Waals surface area contributed by atoms with Gasteiger partial charge in [-0.3, -0.25) is 14.6 Å². The number of likely N-dealkylation sites (tertiary alicyclic amines) is 2. The minimum atomic E-state index is -0.722. The Labute approximate surface area is 355 Å². The van der Waals surface area contributed by atoms with E-state index in [0.29, 0.717) is 26.1 Å². The molecule has 0 saturated carbocycles. The molecule has 3 aliphatic heterocycles. The van der Waals surface area contributed by atoms with Gasteiger partial charge in [-0.25, -0.2) is 14.6 Å². The molecule has 0 radical (unpaired) electrons. The molecule has 5 aromatic rings. The Balaban J connectivity index is 1.03. The van der Waals surface area contributed by atoms with Crippen molar-refractivity contribution in [2.24, 2.45) is 22.7 Å². The summed E-state index contributed by atoms with van der Waals surface area (Å²) >= 11 is 0. The van der Waals surface area contributed by atoms with Crippen molar-refractivity contribution in [2.45, 2.75) is 77.5 Å². The topological polar surface area (TPSA) is 168 Å². The fraction of sp³-hybridized carbons (Fsp3) is 0.447. The predicted octanol–water partition coefficient (Wildman–Crippen LogP) is 7.45. The number of hydrogen-bond acceptors (Lipinski definition) is 9. The van der Waals surface area contributed by atoms with Crippen molar-refractivity contribution < 1.29 is 33.4 Å². The number of benzene rings is 4. The van der Waals surface area contributed by atoms with Gasteiger partial charge < -0.3 is 39.6 Å². The van der Waals surface area contributed by atoms with Gasteiger partial charge in [0.05, 0.1) is 49.6 Å². The lowest BCUT2D eigenvalue weighted by Gasteiger charge is -2.31. The van der Waals surface area contributed by atoms with Crippen molar-refractivity contribution in [3.8, 4) is 11.1 Å². The summed E-state index contributed by atoms with van der Waals surface area (Å²) in [6.07, 6.45) is 1.73. The molecule has 4 aromatic carbocycles. The van der Waals surface area contributed by atoms with Gasteiger partial charge in [-0.15, -0.1) is 0 Å². The zero-order valence-electron chi connectivity index (χ0n) is 35.9. The summed E-state index contributed by atoms with van der Waals surface area (Å²) in [5.74, 6) is 0.366. The van der Waals surface area contributed by atoms with E-state index in [-0.39, 0.29) is 41.7 Å². The van der Waals surface area contributed by atoms with E-state index in [0.717, 1.165) is 85.8 Å². The standard InChI is InChI=1S/C47H55N7O7/c1-25(2)40(51-46(57)60-6)44(55)53-18-8-9-38(53)43-49-36-17-13-31-21-29(11-15-33(31)42(36)50-43)28-10-14-32-30(20-28)12-16-35-34(32)22-37(48-35)39-19-27(24-59-5)23-54(39)45(56)41(26(3)4)52-47(58)61-7/h10-17,20-21,25-27,38-41H,8-9,18-19,22-24H2,1-7H3,(H,49,50)(H,51,57)(H,52,58)/t27-,38+,39+,40+,41+/m1/s1. The number of nitrogens with zero attached hydrogens (tertiary/aromatic N) is 4. The lowest BCUT2D eigenvalue weighted by Crippen LogP contribution is -2.53. The number of aromatic nitrogens is 2. The van der Waals surface area contributed by atoms with E-state index in [9.17, 15) is 19.2 Å². The number of H-pyrrole nitrogens is 1. The monoisotopic (exact) mass is 829 g/mol. The Morgan fingerprint density at radius 2 is 1.41 bits per heavy atom. The first-order valence-corrected chi connectivity index (χ1v) is 21.2. The first-order valence-electron chi connectivity index (χ1n) is 21.2. The molecule has 14 heteroatoms. The molecule has 2 saturated heterocycles. The van der Waals surface area contributed by atoms with Crippen molar-refractivity contribution in [2.75, 3.05) is 41.0 Å². The van der Waals surface area contributed by atoms with Crippen LogP contribution in [0.3, 0.4) is 0 Å². The second kappa shape index (κ2) is 17.2. The van der Waals surface area contributed by atoms with Crippen LogP contribution in [-0.2, 0) is 30.2 Å². The normalized spacial score (nSPS) is 19.8. The Morgan fingerprint density at radius 3 is 2.05 bits per heavy atom. The largest absolute Gasteiger partial charge is 0.453 e. The van der Waals surface area contributed by atoms with Gasteiger partial charge in [0, 0.05) is 43.6 Å². The van der Waals surface area contributed by atoms with E-state index in [4.69, 9.17) is 24.2 Å². The summed E-state index contributed by atoms with van der Waals surface area (Å²) < 4.78 is 15.2. The third-order valence-electron chi connectivity index (χ3n) is 12.6. The van der Waals surface area contributed by atoms with Crippen LogP contribution in [0.4, 0.5) is 15.3 Å². The van der Waals surface area contributed by atoms with Gasteiger partial charge in [-0.05, 0) is 88.2 Å². The molecule has 320 valence electrons. The third-order valence-corrected chi connectivity index (χ3v) is 12.6. The number of aliphatic imine (C=N–C) groups is 1. The van der Waals surface area contributed by atoms with Gasteiger partial charge in [0.1, 0.15) is 17.9 Å². The molecule has 0 aliphatic carbocycles. The SMILES string of the molecule is COC[C@@H]1C[C@@H](C2=Nc3ccc4cc(-c5ccc6c(ccc7[nH]c([C@@H]8CCCN8C(=O)[C@@H](NC(=O)OC)C(C)C)nc76)c5)ccc4c3C2)N(C(=O)[C@@H](NC(=O)OC)C(C)C)C1. The summed E-state index contributed by atoms with van der Waals surface area (Å²) in [4.78, 5) is 69.5. The van der Waals surface area contributed by atoms with E-state index in [1.807, 2.05) is 43.6 Å². The van der Waals surface area contributed by atoms with Gasteiger partial charge in [0.2, 0.25) is 11.8 Å². The second-order valence-corrected chi connectivity index (χ2v) is 17.3. The summed E-state index contributed by atoms with van der Waals surface area (Å²) in [6.45, 7) is 9.30. The van der Waals surface area contributed by atoms with Gasteiger partial charge in [-0.2, -0.15) is 0 Å². The van der Waals surface area contributed by atoms with Gasteiger partial charge in [-0.1, -0.05) is 64.1 Å². The number of hydrogen-bond donors (Lipinski definition) is 3. The number of carbonyl (C=O) groups is 4. The quantitative estimate of drug-likeness (QED) is 0.123. The van der Waals surface area contributed by atoms with Crippen molar-refractivity contribution in [1.82, 2.24) is 30.4 Å². The number of alkyl carbamates (subject to hydrolysis) is 2. The molecule has 4 amide bonds.